The van der Waals surface area contributed by atoms with Crippen LogP contribution in [0, 0.1) is 5.92 Å². The maximum Gasteiger partial charge on any atom is 0.239 e. The molecule has 0 aromatic heterocycles. The molecule has 18 heavy (non-hydrogen) atoms. The van der Waals surface area contributed by atoms with Crippen molar-refractivity contribution in [2.45, 2.75) is 71.4 Å². The SMILES string of the molecule is CCC1CCCC(NC(C)C(=O)N(C)CC)CC1. The molecule has 106 valence electrons. The number of carbonyl (C=O) groups excluding carboxylic acids is 1. The molecule has 0 bridgehead atoms. The third-order valence-corrected chi connectivity index (χ3v) is 4.37. The number of likely N-dealkylation sites (N-methyl/N-ethyl adjacent to an activating group) is 1. The molecule has 3 heteroatoms. The molecule has 1 fully saturated rings. The number of carbonyl (C=O) groups is 1. The zero-order valence-electron chi connectivity index (χ0n) is 12.5. The van der Waals surface area contributed by atoms with Gasteiger partial charge in [-0.1, -0.05) is 26.2 Å². The number of nitrogens with one attached hydrogen (secondary N) is 1. The summed E-state index contributed by atoms with van der Waals surface area (Å²) < 4.78 is 0. The molecule has 1 rings (SSSR count). The molecule has 3 nitrogen and oxygen atoms in total. The smallest absolute Gasteiger partial charge is 0.239 e. The third kappa shape index (κ3) is 4.60. The molecular weight excluding hydrogens is 224 g/mol. The minimum absolute atomic E-state index is 0.0434. The van der Waals surface area contributed by atoms with Gasteiger partial charge in [-0.2, -0.15) is 0 Å². The van der Waals surface area contributed by atoms with Gasteiger partial charge in [0.25, 0.3) is 0 Å². The Balaban J connectivity index is 2.39. The Kier molecular flexibility index (Phi) is 6.69. The Hall–Kier alpha value is -0.570. The van der Waals surface area contributed by atoms with Crippen LogP contribution in [0.4, 0.5) is 0 Å². The van der Waals surface area contributed by atoms with Crippen LogP contribution in [0.25, 0.3) is 0 Å². The first-order valence-electron chi connectivity index (χ1n) is 7.59. The van der Waals surface area contributed by atoms with Crippen LogP contribution < -0.4 is 5.32 Å². The first-order valence-corrected chi connectivity index (χ1v) is 7.59. The van der Waals surface area contributed by atoms with Gasteiger partial charge in [-0.25, -0.2) is 0 Å². The lowest BCUT2D eigenvalue weighted by atomic mass is 9.98. The van der Waals surface area contributed by atoms with Gasteiger partial charge in [-0.05, 0) is 39.0 Å². The molecule has 0 aromatic rings. The predicted octanol–water partition coefficient (Wildman–Crippen LogP) is 2.80. The van der Waals surface area contributed by atoms with Gasteiger partial charge < -0.3 is 10.2 Å². The molecule has 0 heterocycles. The van der Waals surface area contributed by atoms with Crippen molar-refractivity contribution < 1.29 is 4.79 Å². The van der Waals surface area contributed by atoms with E-state index < -0.39 is 0 Å². The molecule has 0 radical (unpaired) electrons. The number of nitrogens with zero attached hydrogens (tertiary/aromatic N) is 1. The van der Waals surface area contributed by atoms with Crippen LogP contribution in [0.2, 0.25) is 0 Å². The van der Waals surface area contributed by atoms with E-state index >= 15 is 0 Å². The lowest BCUT2D eigenvalue weighted by molar-refractivity contribution is -0.131. The van der Waals surface area contributed by atoms with E-state index in [1.807, 2.05) is 20.9 Å². The van der Waals surface area contributed by atoms with Gasteiger partial charge in [0.05, 0.1) is 6.04 Å². The van der Waals surface area contributed by atoms with E-state index in [9.17, 15) is 4.79 Å². The zero-order valence-corrected chi connectivity index (χ0v) is 12.5. The Morgan fingerprint density at radius 3 is 2.61 bits per heavy atom. The summed E-state index contributed by atoms with van der Waals surface area (Å²) in [4.78, 5) is 13.8. The van der Waals surface area contributed by atoms with Gasteiger partial charge in [0, 0.05) is 19.6 Å². The minimum atomic E-state index is -0.0434. The molecular formula is C15H30N2O. The van der Waals surface area contributed by atoms with Crippen molar-refractivity contribution in [3.8, 4) is 0 Å². The monoisotopic (exact) mass is 254 g/mol. The summed E-state index contributed by atoms with van der Waals surface area (Å²) in [6.07, 6.45) is 7.75. The lowest BCUT2D eigenvalue weighted by Crippen LogP contribution is -2.47. The molecule has 3 atom stereocenters. The number of hydrogen-bond acceptors (Lipinski definition) is 2. The summed E-state index contributed by atoms with van der Waals surface area (Å²) in [5.74, 6) is 1.12. The first-order chi connectivity index (χ1) is 8.58. The van der Waals surface area contributed by atoms with Crippen molar-refractivity contribution in [2.75, 3.05) is 13.6 Å². The maximum absolute atomic E-state index is 12.0. The highest BCUT2D eigenvalue weighted by molar-refractivity contribution is 5.81. The van der Waals surface area contributed by atoms with Crippen molar-refractivity contribution in [1.82, 2.24) is 10.2 Å². The largest absolute Gasteiger partial charge is 0.345 e. The summed E-state index contributed by atoms with van der Waals surface area (Å²) >= 11 is 0. The highest BCUT2D eigenvalue weighted by Crippen LogP contribution is 2.25. The van der Waals surface area contributed by atoms with Gasteiger partial charge >= 0.3 is 0 Å². The highest BCUT2D eigenvalue weighted by Gasteiger charge is 2.22. The van der Waals surface area contributed by atoms with Gasteiger partial charge in [-0.3, -0.25) is 4.79 Å². The van der Waals surface area contributed by atoms with E-state index in [4.69, 9.17) is 0 Å². The summed E-state index contributed by atoms with van der Waals surface area (Å²) in [6.45, 7) is 7.09. The second-order valence-corrected chi connectivity index (χ2v) is 5.72. The summed E-state index contributed by atoms with van der Waals surface area (Å²) in [5, 5.41) is 3.53. The normalized spacial score (nSPS) is 26.4. The Morgan fingerprint density at radius 2 is 2.00 bits per heavy atom. The average molecular weight is 254 g/mol. The van der Waals surface area contributed by atoms with Gasteiger partial charge in [-0.15, -0.1) is 0 Å². The first kappa shape index (κ1) is 15.5. The van der Waals surface area contributed by atoms with Crippen molar-refractivity contribution in [3.05, 3.63) is 0 Å². The van der Waals surface area contributed by atoms with Crippen LogP contribution in [-0.4, -0.2) is 36.5 Å². The van der Waals surface area contributed by atoms with Gasteiger partial charge in [0.2, 0.25) is 5.91 Å². The molecule has 0 spiro atoms. The van der Waals surface area contributed by atoms with Crippen LogP contribution in [-0.2, 0) is 4.79 Å². The lowest BCUT2D eigenvalue weighted by Gasteiger charge is -2.25. The van der Waals surface area contributed by atoms with Crippen molar-refractivity contribution in [1.29, 1.82) is 0 Å². The highest BCUT2D eigenvalue weighted by atomic mass is 16.2. The molecule has 0 aliphatic heterocycles. The van der Waals surface area contributed by atoms with E-state index in [1.165, 1.54) is 38.5 Å². The second kappa shape index (κ2) is 7.78. The average Bonchev–Trinajstić information content (AvgIpc) is 2.61. The maximum atomic E-state index is 12.0. The van der Waals surface area contributed by atoms with E-state index in [0.29, 0.717) is 6.04 Å². The summed E-state index contributed by atoms with van der Waals surface area (Å²) in [7, 11) is 1.88. The van der Waals surface area contributed by atoms with Crippen molar-refractivity contribution in [3.63, 3.8) is 0 Å². The molecule has 1 amide bonds. The van der Waals surface area contributed by atoms with Crippen LogP contribution >= 0.6 is 0 Å². The molecule has 1 aliphatic carbocycles. The fraction of sp³-hybridized carbons (Fsp3) is 0.933. The van der Waals surface area contributed by atoms with Gasteiger partial charge in [0.1, 0.15) is 0 Å². The third-order valence-electron chi connectivity index (χ3n) is 4.37. The van der Waals surface area contributed by atoms with Crippen LogP contribution in [0.1, 0.15) is 59.3 Å². The minimum Gasteiger partial charge on any atom is -0.345 e. The molecule has 1 saturated carbocycles. The Labute approximate surface area is 112 Å². The number of hydrogen-bond donors (Lipinski definition) is 1. The van der Waals surface area contributed by atoms with E-state index in [1.54, 1.807) is 4.90 Å². The molecule has 0 saturated heterocycles. The Morgan fingerprint density at radius 1 is 1.28 bits per heavy atom. The van der Waals surface area contributed by atoms with E-state index in [-0.39, 0.29) is 11.9 Å². The van der Waals surface area contributed by atoms with E-state index in [2.05, 4.69) is 12.2 Å². The van der Waals surface area contributed by atoms with Crippen molar-refractivity contribution in [2.24, 2.45) is 5.92 Å². The van der Waals surface area contributed by atoms with Crippen LogP contribution in [0.5, 0.6) is 0 Å². The van der Waals surface area contributed by atoms with Gasteiger partial charge in [0.15, 0.2) is 0 Å². The number of rotatable bonds is 5. The van der Waals surface area contributed by atoms with E-state index in [0.717, 1.165) is 12.5 Å². The predicted molar refractivity (Wildman–Crippen MR) is 76.6 cm³/mol. The number of amides is 1. The topological polar surface area (TPSA) is 32.3 Å². The molecule has 1 N–H and O–H groups in total. The molecule has 1 aliphatic rings. The fourth-order valence-corrected chi connectivity index (χ4v) is 2.86. The Bertz CT molecular complexity index is 255. The fourth-order valence-electron chi connectivity index (χ4n) is 2.86. The van der Waals surface area contributed by atoms with Crippen LogP contribution in [0.3, 0.4) is 0 Å². The summed E-state index contributed by atoms with van der Waals surface area (Å²) in [5.41, 5.74) is 0. The zero-order chi connectivity index (χ0) is 13.5. The standard InChI is InChI=1S/C15H30N2O/c1-5-13-8-7-9-14(11-10-13)16-12(3)15(18)17(4)6-2/h12-14,16H,5-11H2,1-4H3. The van der Waals surface area contributed by atoms with Crippen LogP contribution in [0.15, 0.2) is 0 Å². The quantitative estimate of drug-likeness (QED) is 0.765. The van der Waals surface area contributed by atoms with Crippen molar-refractivity contribution >= 4 is 5.91 Å². The molecule has 3 unspecified atom stereocenters. The second-order valence-electron chi connectivity index (χ2n) is 5.72. The summed E-state index contributed by atoms with van der Waals surface area (Å²) in [6, 6.07) is 0.490. The molecule has 0 aromatic carbocycles.